The molecule has 8 heteroatoms. The van der Waals surface area contributed by atoms with Crippen molar-refractivity contribution < 1.29 is 18.7 Å². The Hall–Kier alpha value is -3.51. The molecule has 2 fully saturated rings. The standard InChI is InChI=1S/C30H33FN4O3/c1-33(20-27-26-6-4-3-5-22(26)17-23(18-32)29(27)37-2)30(36)28(21-7-9-24(31)10-8-21)35-12-11-25(19-35)34-13-15-38-16-14-34/h3-10,17,25,28H,11-16,19-20H2,1-2H3/t25-,28?/m0/s1. The van der Waals surface area contributed by atoms with Crippen LogP contribution in [0.3, 0.4) is 0 Å². The highest BCUT2D eigenvalue weighted by Crippen LogP contribution is 2.34. The minimum absolute atomic E-state index is 0.0762. The van der Waals surface area contributed by atoms with Crippen LogP contribution >= 0.6 is 0 Å². The van der Waals surface area contributed by atoms with Crippen LogP contribution in [0, 0.1) is 17.1 Å². The third-order valence-corrected chi connectivity index (χ3v) is 7.74. The Balaban J connectivity index is 1.45. The molecule has 1 unspecified atom stereocenters. The molecule has 2 atom stereocenters. The first-order valence-corrected chi connectivity index (χ1v) is 13.0. The highest BCUT2D eigenvalue weighted by Gasteiger charge is 2.37. The third kappa shape index (κ3) is 5.23. The van der Waals surface area contributed by atoms with Gasteiger partial charge in [-0.05, 0) is 41.0 Å². The molecule has 2 heterocycles. The summed E-state index contributed by atoms with van der Waals surface area (Å²) in [6.45, 7) is 5.08. The Bertz CT molecular complexity index is 1330. The Kier molecular flexibility index (Phi) is 7.89. The number of nitrogens with zero attached hydrogens (tertiary/aromatic N) is 4. The van der Waals surface area contributed by atoms with E-state index in [1.807, 2.05) is 30.3 Å². The number of halogens is 1. The second-order valence-corrected chi connectivity index (χ2v) is 10.0. The van der Waals surface area contributed by atoms with Crippen molar-refractivity contribution >= 4 is 16.7 Å². The number of likely N-dealkylation sites (tertiary alicyclic amines) is 1. The van der Waals surface area contributed by atoms with Crippen LogP contribution in [-0.4, -0.2) is 80.2 Å². The number of carbonyl (C=O) groups is 1. The average molecular weight is 517 g/mol. The van der Waals surface area contributed by atoms with Gasteiger partial charge in [-0.25, -0.2) is 4.39 Å². The van der Waals surface area contributed by atoms with Crippen molar-refractivity contribution in [3.8, 4) is 11.8 Å². The highest BCUT2D eigenvalue weighted by atomic mass is 19.1. The fraction of sp³-hybridized carbons (Fsp3) is 0.400. The molecule has 0 N–H and O–H groups in total. The maximum Gasteiger partial charge on any atom is 0.244 e. The van der Waals surface area contributed by atoms with Gasteiger partial charge in [0.05, 0.1) is 25.9 Å². The Morgan fingerprint density at radius 3 is 2.63 bits per heavy atom. The maximum atomic E-state index is 14.1. The molecule has 3 aromatic rings. The molecule has 0 spiro atoms. The van der Waals surface area contributed by atoms with Crippen molar-refractivity contribution in [3.05, 3.63) is 77.1 Å². The zero-order chi connectivity index (χ0) is 26.6. The molecule has 5 rings (SSSR count). The SMILES string of the molecule is COc1c(C#N)cc2ccccc2c1CN(C)C(=O)C(c1ccc(F)cc1)N1CC[C@H](N2CCOCC2)C1. The van der Waals surface area contributed by atoms with Crippen LogP contribution in [0.2, 0.25) is 0 Å². The van der Waals surface area contributed by atoms with Crippen LogP contribution in [0.15, 0.2) is 54.6 Å². The molecule has 38 heavy (non-hydrogen) atoms. The molecular formula is C30H33FN4O3. The van der Waals surface area contributed by atoms with Crippen LogP contribution in [0.4, 0.5) is 4.39 Å². The molecule has 2 aliphatic rings. The van der Waals surface area contributed by atoms with Crippen molar-refractivity contribution in [1.82, 2.24) is 14.7 Å². The summed E-state index contributed by atoms with van der Waals surface area (Å²) in [5.41, 5.74) is 2.00. The van der Waals surface area contributed by atoms with Gasteiger partial charge in [0.1, 0.15) is 23.7 Å². The fourth-order valence-electron chi connectivity index (χ4n) is 5.80. The quantitative estimate of drug-likeness (QED) is 0.474. The second-order valence-electron chi connectivity index (χ2n) is 10.0. The Morgan fingerprint density at radius 1 is 1.18 bits per heavy atom. The number of morpholine rings is 1. The van der Waals surface area contributed by atoms with Crippen LogP contribution in [-0.2, 0) is 16.1 Å². The molecule has 0 aromatic heterocycles. The molecule has 2 aliphatic heterocycles. The normalized spacial score (nSPS) is 19.3. The van der Waals surface area contributed by atoms with E-state index in [0.717, 1.165) is 67.7 Å². The van der Waals surface area contributed by atoms with Gasteiger partial charge in [-0.15, -0.1) is 0 Å². The second kappa shape index (κ2) is 11.5. The van der Waals surface area contributed by atoms with E-state index in [-0.39, 0.29) is 18.3 Å². The van der Waals surface area contributed by atoms with Gasteiger partial charge in [0.2, 0.25) is 5.91 Å². The topological polar surface area (TPSA) is 69.0 Å². The minimum atomic E-state index is -0.539. The number of nitriles is 1. The summed E-state index contributed by atoms with van der Waals surface area (Å²) in [6, 6.07) is 17.9. The number of carbonyl (C=O) groups excluding carboxylic acids is 1. The minimum Gasteiger partial charge on any atom is -0.495 e. The number of rotatable bonds is 7. The first-order valence-electron chi connectivity index (χ1n) is 13.0. The molecule has 2 saturated heterocycles. The van der Waals surface area contributed by atoms with Crippen molar-refractivity contribution in [2.45, 2.75) is 25.0 Å². The van der Waals surface area contributed by atoms with E-state index < -0.39 is 6.04 Å². The summed E-state index contributed by atoms with van der Waals surface area (Å²) >= 11 is 0. The van der Waals surface area contributed by atoms with Crippen LogP contribution in [0.5, 0.6) is 5.75 Å². The van der Waals surface area contributed by atoms with E-state index in [1.165, 1.54) is 12.1 Å². The number of benzene rings is 3. The summed E-state index contributed by atoms with van der Waals surface area (Å²) in [6.07, 6.45) is 0.970. The fourth-order valence-corrected chi connectivity index (χ4v) is 5.80. The zero-order valence-electron chi connectivity index (χ0n) is 21.9. The summed E-state index contributed by atoms with van der Waals surface area (Å²) in [5.74, 6) is 0.0795. The molecule has 3 aromatic carbocycles. The summed E-state index contributed by atoms with van der Waals surface area (Å²) < 4.78 is 25.0. The monoisotopic (exact) mass is 516 g/mol. The van der Waals surface area contributed by atoms with Gasteiger partial charge in [-0.3, -0.25) is 14.6 Å². The predicted octanol–water partition coefficient (Wildman–Crippen LogP) is 3.97. The van der Waals surface area contributed by atoms with Crippen molar-refractivity contribution in [1.29, 1.82) is 5.26 Å². The van der Waals surface area contributed by atoms with Gasteiger partial charge >= 0.3 is 0 Å². The maximum absolute atomic E-state index is 14.1. The number of fused-ring (bicyclic) bond motifs is 1. The third-order valence-electron chi connectivity index (χ3n) is 7.74. The molecule has 0 radical (unpaired) electrons. The van der Waals surface area contributed by atoms with E-state index in [1.54, 1.807) is 31.2 Å². The van der Waals surface area contributed by atoms with Crippen LogP contribution in [0.1, 0.15) is 29.2 Å². The first-order chi connectivity index (χ1) is 18.5. The average Bonchev–Trinajstić information content (AvgIpc) is 3.44. The van der Waals surface area contributed by atoms with Gasteiger partial charge < -0.3 is 14.4 Å². The van der Waals surface area contributed by atoms with Crippen molar-refractivity contribution in [2.75, 3.05) is 53.6 Å². The highest BCUT2D eigenvalue weighted by molar-refractivity contribution is 5.91. The first kappa shape index (κ1) is 26.1. The smallest absolute Gasteiger partial charge is 0.244 e. The number of hydrogen-bond acceptors (Lipinski definition) is 6. The van der Waals surface area contributed by atoms with Gasteiger partial charge in [0.25, 0.3) is 0 Å². The molecule has 0 bridgehead atoms. The van der Waals surface area contributed by atoms with Gasteiger partial charge in [0.15, 0.2) is 0 Å². The predicted molar refractivity (Wildman–Crippen MR) is 143 cm³/mol. The molecule has 0 aliphatic carbocycles. The zero-order valence-corrected chi connectivity index (χ0v) is 21.9. The number of hydrogen-bond donors (Lipinski definition) is 0. The van der Waals surface area contributed by atoms with Gasteiger partial charge in [0, 0.05) is 51.4 Å². The summed E-state index contributed by atoms with van der Waals surface area (Å²) in [7, 11) is 3.33. The largest absolute Gasteiger partial charge is 0.495 e. The molecule has 1 amide bonds. The van der Waals surface area contributed by atoms with Gasteiger partial charge in [-0.2, -0.15) is 5.26 Å². The molecule has 198 valence electrons. The van der Waals surface area contributed by atoms with E-state index in [0.29, 0.717) is 17.4 Å². The lowest BCUT2D eigenvalue weighted by Crippen LogP contribution is -2.46. The van der Waals surface area contributed by atoms with Gasteiger partial charge in [-0.1, -0.05) is 36.4 Å². The lowest BCUT2D eigenvalue weighted by Gasteiger charge is -2.34. The van der Waals surface area contributed by atoms with Crippen LogP contribution < -0.4 is 4.74 Å². The molecular weight excluding hydrogens is 483 g/mol. The Morgan fingerprint density at radius 2 is 1.92 bits per heavy atom. The Labute approximate surface area is 222 Å². The molecule has 0 saturated carbocycles. The van der Waals surface area contributed by atoms with Crippen molar-refractivity contribution in [2.24, 2.45) is 0 Å². The van der Waals surface area contributed by atoms with E-state index in [4.69, 9.17) is 9.47 Å². The number of methoxy groups -OCH3 is 1. The number of amides is 1. The lowest BCUT2D eigenvalue weighted by molar-refractivity contribution is -0.136. The van der Waals surface area contributed by atoms with E-state index in [2.05, 4.69) is 15.9 Å². The number of ether oxygens (including phenoxy) is 2. The summed E-state index contributed by atoms with van der Waals surface area (Å²) in [4.78, 5) is 20.5. The molecule has 7 nitrogen and oxygen atoms in total. The van der Waals surface area contributed by atoms with E-state index >= 15 is 0 Å². The summed E-state index contributed by atoms with van der Waals surface area (Å²) in [5, 5.41) is 11.6. The van der Waals surface area contributed by atoms with Crippen LogP contribution in [0.25, 0.3) is 10.8 Å². The number of likely N-dealkylation sites (N-methyl/N-ethyl adjacent to an activating group) is 1. The van der Waals surface area contributed by atoms with E-state index in [9.17, 15) is 14.4 Å². The van der Waals surface area contributed by atoms with Crippen molar-refractivity contribution in [3.63, 3.8) is 0 Å². The lowest BCUT2D eigenvalue weighted by atomic mass is 9.98.